The highest BCUT2D eigenvalue weighted by Crippen LogP contribution is 2.17. The predicted molar refractivity (Wildman–Crippen MR) is 85.7 cm³/mol. The Labute approximate surface area is 127 Å². The van der Waals surface area contributed by atoms with Gasteiger partial charge in [0.1, 0.15) is 0 Å². The van der Waals surface area contributed by atoms with Crippen molar-refractivity contribution in [2.75, 3.05) is 7.05 Å². The van der Waals surface area contributed by atoms with Crippen molar-refractivity contribution in [1.29, 1.82) is 0 Å². The van der Waals surface area contributed by atoms with Crippen molar-refractivity contribution in [1.82, 2.24) is 15.1 Å². The summed E-state index contributed by atoms with van der Waals surface area (Å²) in [5.41, 5.74) is 1.58. The summed E-state index contributed by atoms with van der Waals surface area (Å²) in [6.07, 6.45) is 2.64. The fourth-order valence-electron chi connectivity index (χ4n) is 2.33. The van der Waals surface area contributed by atoms with Gasteiger partial charge in [-0.3, -0.25) is 9.89 Å². The van der Waals surface area contributed by atoms with Gasteiger partial charge in [-0.25, -0.2) is 0 Å². The van der Waals surface area contributed by atoms with Crippen LogP contribution in [0, 0.1) is 0 Å². The molecule has 1 unspecified atom stereocenters. The van der Waals surface area contributed by atoms with Crippen molar-refractivity contribution in [2.24, 2.45) is 0 Å². The van der Waals surface area contributed by atoms with Gasteiger partial charge in [-0.15, -0.1) is 11.3 Å². The van der Waals surface area contributed by atoms with Crippen LogP contribution in [0.2, 0.25) is 0 Å². The van der Waals surface area contributed by atoms with Crippen LogP contribution in [-0.4, -0.2) is 34.1 Å². The van der Waals surface area contributed by atoms with Crippen LogP contribution in [0.15, 0.2) is 41.9 Å². The molecule has 108 valence electrons. The first-order valence-electron chi connectivity index (χ1n) is 6.88. The van der Waals surface area contributed by atoms with Crippen molar-refractivity contribution < 1.29 is 4.79 Å². The Morgan fingerprint density at radius 2 is 2.29 bits per heavy atom. The number of amides is 1. The number of hydrogen-bond donors (Lipinski definition) is 1. The minimum absolute atomic E-state index is 0.0376. The number of aromatic nitrogens is 2. The molecule has 0 radical (unpaired) electrons. The molecular weight excluding hydrogens is 282 g/mol. The molecule has 0 saturated carbocycles. The molecule has 0 aliphatic heterocycles. The van der Waals surface area contributed by atoms with E-state index in [1.807, 2.05) is 31.3 Å². The molecule has 1 amide bonds. The lowest BCUT2D eigenvalue weighted by Gasteiger charge is -2.24. The maximum Gasteiger partial charge on any atom is 0.253 e. The monoisotopic (exact) mass is 299 g/mol. The van der Waals surface area contributed by atoms with Gasteiger partial charge in [-0.2, -0.15) is 5.10 Å². The molecule has 0 aliphatic carbocycles. The Balaban J connectivity index is 1.76. The number of rotatable bonds is 4. The summed E-state index contributed by atoms with van der Waals surface area (Å²) in [6.45, 7) is 2.08. The average Bonchev–Trinajstić information content (AvgIpc) is 3.15. The molecule has 21 heavy (non-hydrogen) atoms. The number of hydrogen-bond acceptors (Lipinski definition) is 3. The quantitative estimate of drug-likeness (QED) is 0.803. The van der Waals surface area contributed by atoms with Crippen molar-refractivity contribution in [3.63, 3.8) is 0 Å². The van der Waals surface area contributed by atoms with E-state index in [1.54, 1.807) is 22.4 Å². The van der Waals surface area contributed by atoms with Gasteiger partial charge in [0.15, 0.2) is 0 Å². The van der Waals surface area contributed by atoms with Gasteiger partial charge < -0.3 is 4.90 Å². The van der Waals surface area contributed by atoms with E-state index in [0.717, 1.165) is 17.3 Å². The van der Waals surface area contributed by atoms with E-state index < -0.39 is 0 Å². The number of carbonyl (C=O) groups excluding carboxylic acids is 1. The van der Waals surface area contributed by atoms with Gasteiger partial charge in [-0.05, 0) is 30.5 Å². The highest BCUT2D eigenvalue weighted by Gasteiger charge is 2.18. The van der Waals surface area contributed by atoms with Gasteiger partial charge in [0.2, 0.25) is 0 Å². The summed E-state index contributed by atoms with van der Waals surface area (Å²) >= 11 is 1.73. The zero-order chi connectivity index (χ0) is 14.8. The Morgan fingerprint density at radius 3 is 3.05 bits per heavy atom. The van der Waals surface area contributed by atoms with Gasteiger partial charge in [0.25, 0.3) is 5.91 Å². The smallest absolute Gasteiger partial charge is 0.253 e. The van der Waals surface area contributed by atoms with E-state index in [1.165, 1.54) is 4.88 Å². The number of nitrogens with one attached hydrogen (secondary N) is 1. The third kappa shape index (κ3) is 2.83. The second-order valence-electron chi connectivity index (χ2n) is 5.22. The van der Waals surface area contributed by atoms with Crippen LogP contribution < -0.4 is 0 Å². The predicted octanol–water partition coefficient (Wildman–Crippen LogP) is 3.33. The highest BCUT2D eigenvalue weighted by atomic mass is 32.1. The fraction of sp³-hybridized carbons (Fsp3) is 0.250. The molecule has 2 heterocycles. The largest absolute Gasteiger partial charge is 0.339 e. The molecule has 5 heteroatoms. The maximum atomic E-state index is 12.6. The second kappa shape index (κ2) is 5.69. The summed E-state index contributed by atoms with van der Waals surface area (Å²) in [6, 6.07) is 9.95. The number of benzene rings is 1. The van der Waals surface area contributed by atoms with Crippen molar-refractivity contribution >= 4 is 28.1 Å². The van der Waals surface area contributed by atoms with Crippen LogP contribution in [0.1, 0.15) is 22.2 Å². The number of carbonyl (C=O) groups is 1. The lowest BCUT2D eigenvalue weighted by atomic mass is 10.1. The van der Waals surface area contributed by atoms with Crippen molar-refractivity contribution in [3.8, 4) is 0 Å². The fourth-order valence-corrected chi connectivity index (χ4v) is 3.16. The Morgan fingerprint density at radius 1 is 1.43 bits per heavy atom. The van der Waals surface area contributed by atoms with Crippen LogP contribution in [0.5, 0.6) is 0 Å². The highest BCUT2D eigenvalue weighted by molar-refractivity contribution is 7.09. The number of thiophene rings is 1. The number of likely N-dealkylation sites (N-methyl/N-ethyl adjacent to an activating group) is 1. The minimum Gasteiger partial charge on any atom is -0.339 e. The molecule has 3 rings (SSSR count). The Kier molecular flexibility index (Phi) is 3.75. The third-order valence-corrected chi connectivity index (χ3v) is 4.65. The SMILES string of the molecule is CC(Cc1cccs1)N(C)C(=O)c1ccc2cn[nH]c2c1. The maximum absolute atomic E-state index is 12.6. The topological polar surface area (TPSA) is 49.0 Å². The van der Waals surface area contributed by atoms with Gasteiger partial charge in [0.05, 0.1) is 11.7 Å². The molecule has 0 spiro atoms. The summed E-state index contributed by atoms with van der Waals surface area (Å²) < 4.78 is 0. The summed E-state index contributed by atoms with van der Waals surface area (Å²) in [5, 5.41) is 9.96. The average molecular weight is 299 g/mol. The number of nitrogens with zero attached hydrogens (tertiary/aromatic N) is 2. The van der Waals surface area contributed by atoms with E-state index in [4.69, 9.17) is 0 Å². The van der Waals surface area contributed by atoms with Gasteiger partial charge in [0, 0.05) is 35.3 Å². The molecule has 4 nitrogen and oxygen atoms in total. The van der Waals surface area contributed by atoms with Crippen molar-refractivity contribution in [3.05, 3.63) is 52.3 Å². The molecule has 1 N–H and O–H groups in total. The molecule has 1 aromatic carbocycles. The van der Waals surface area contributed by atoms with Crippen LogP contribution >= 0.6 is 11.3 Å². The molecule has 0 fully saturated rings. The molecular formula is C16H17N3OS. The normalized spacial score (nSPS) is 12.5. The van der Waals surface area contributed by atoms with E-state index >= 15 is 0 Å². The molecule has 1 atom stereocenters. The van der Waals surface area contributed by atoms with Crippen LogP contribution in [-0.2, 0) is 6.42 Å². The summed E-state index contributed by atoms with van der Waals surface area (Å²) in [5.74, 6) is 0.0376. The molecule has 0 saturated heterocycles. The van der Waals surface area contributed by atoms with Crippen LogP contribution in [0.3, 0.4) is 0 Å². The van der Waals surface area contributed by atoms with E-state index in [9.17, 15) is 4.79 Å². The van der Waals surface area contributed by atoms with Crippen LogP contribution in [0.25, 0.3) is 10.9 Å². The molecule has 3 aromatic rings. The van der Waals surface area contributed by atoms with Crippen molar-refractivity contribution in [2.45, 2.75) is 19.4 Å². The lowest BCUT2D eigenvalue weighted by molar-refractivity contribution is 0.0744. The minimum atomic E-state index is 0.0376. The second-order valence-corrected chi connectivity index (χ2v) is 6.25. The van der Waals surface area contributed by atoms with E-state index in [-0.39, 0.29) is 11.9 Å². The van der Waals surface area contributed by atoms with E-state index in [0.29, 0.717) is 5.56 Å². The Bertz CT molecular complexity index is 748. The van der Waals surface area contributed by atoms with Crippen LogP contribution in [0.4, 0.5) is 0 Å². The first-order valence-corrected chi connectivity index (χ1v) is 7.76. The lowest BCUT2D eigenvalue weighted by Crippen LogP contribution is -2.36. The standard InChI is InChI=1S/C16H17N3OS/c1-11(8-14-4-3-7-21-14)19(2)16(20)12-5-6-13-10-17-18-15(13)9-12/h3-7,9-11H,8H2,1-2H3,(H,17,18). The first-order chi connectivity index (χ1) is 10.1. The van der Waals surface area contributed by atoms with E-state index in [2.05, 4.69) is 28.6 Å². The molecule has 0 bridgehead atoms. The first kappa shape index (κ1) is 13.8. The zero-order valence-electron chi connectivity index (χ0n) is 12.0. The Hall–Kier alpha value is -2.14. The summed E-state index contributed by atoms with van der Waals surface area (Å²) in [7, 11) is 1.86. The van der Waals surface area contributed by atoms with Gasteiger partial charge in [-0.1, -0.05) is 12.1 Å². The number of aromatic amines is 1. The number of H-pyrrole nitrogens is 1. The van der Waals surface area contributed by atoms with Gasteiger partial charge >= 0.3 is 0 Å². The molecule has 0 aliphatic rings. The summed E-state index contributed by atoms with van der Waals surface area (Å²) in [4.78, 5) is 15.7. The molecule has 2 aromatic heterocycles. The third-order valence-electron chi connectivity index (χ3n) is 3.75. The zero-order valence-corrected chi connectivity index (χ0v) is 12.9. The number of fused-ring (bicyclic) bond motifs is 1.